The molecule has 1 fully saturated rings. The van der Waals surface area contributed by atoms with E-state index in [9.17, 15) is 4.79 Å². The van der Waals surface area contributed by atoms with Gasteiger partial charge in [0.15, 0.2) is 5.13 Å². The number of fused-ring (bicyclic) bond motifs is 1. The van der Waals surface area contributed by atoms with Crippen LogP contribution in [-0.4, -0.2) is 37.1 Å². The van der Waals surface area contributed by atoms with Crippen molar-refractivity contribution in [2.75, 3.05) is 31.1 Å². The fourth-order valence-electron chi connectivity index (χ4n) is 3.01. The number of aromatic nitrogens is 1. The van der Waals surface area contributed by atoms with Gasteiger partial charge in [0.25, 0.3) is 0 Å². The summed E-state index contributed by atoms with van der Waals surface area (Å²) in [6.45, 7) is 5.65. The van der Waals surface area contributed by atoms with Gasteiger partial charge in [-0.05, 0) is 32.2 Å². The van der Waals surface area contributed by atoms with Gasteiger partial charge < -0.3 is 15.5 Å². The Morgan fingerprint density at radius 2 is 2.33 bits per heavy atom. The van der Waals surface area contributed by atoms with Gasteiger partial charge in [-0.3, -0.25) is 4.79 Å². The van der Waals surface area contributed by atoms with E-state index in [4.69, 9.17) is 4.98 Å². The van der Waals surface area contributed by atoms with Crippen LogP contribution in [-0.2, 0) is 11.2 Å². The summed E-state index contributed by atoms with van der Waals surface area (Å²) in [5.74, 6) is 0.154. The molecule has 1 aromatic rings. The van der Waals surface area contributed by atoms with E-state index in [0.717, 1.165) is 44.2 Å². The number of anilines is 1. The molecule has 0 bridgehead atoms. The summed E-state index contributed by atoms with van der Waals surface area (Å²) in [6, 6.07) is 0.478. The van der Waals surface area contributed by atoms with E-state index >= 15 is 0 Å². The lowest BCUT2D eigenvalue weighted by Crippen LogP contribution is -2.28. The Balaban J connectivity index is 1.75. The Hall–Kier alpha value is -1.14. The molecular weight excluding hydrogens is 284 g/mol. The minimum absolute atomic E-state index is 0.154. The Bertz CT molecular complexity index is 502. The van der Waals surface area contributed by atoms with Gasteiger partial charge in [0.2, 0.25) is 5.91 Å². The monoisotopic (exact) mass is 308 g/mol. The van der Waals surface area contributed by atoms with Crippen LogP contribution in [0, 0.1) is 0 Å². The minimum atomic E-state index is 0.154. The SMILES string of the molecule is CCCNC1CCCc2nc(N3CCNC(=O)CC3)sc21. The Labute approximate surface area is 130 Å². The largest absolute Gasteiger partial charge is 0.354 e. The lowest BCUT2D eigenvalue weighted by molar-refractivity contribution is -0.120. The van der Waals surface area contributed by atoms with E-state index in [1.54, 1.807) is 0 Å². The lowest BCUT2D eigenvalue weighted by atomic mass is 9.98. The molecule has 2 N–H and O–H groups in total. The van der Waals surface area contributed by atoms with E-state index in [2.05, 4.69) is 22.5 Å². The molecule has 1 unspecified atom stereocenters. The second kappa shape index (κ2) is 6.75. The number of aryl methyl sites for hydroxylation is 1. The first kappa shape index (κ1) is 14.8. The summed E-state index contributed by atoms with van der Waals surface area (Å²) in [7, 11) is 0. The molecule has 5 nitrogen and oxygen atoms in total. The van der Waals surface area contributed by atoms with Crippen molar-refractivity contribution in [3.63, 3.8) is 0 Å². The summed E-state index contributed by atoms with van der Waals surface area (Å²) in [5.41, 5.74) is 1.28. The third kappa shape index (κ3) is 3.37. The molecule has 2 aliphatic rings. The molecule has 0 aromatic carbocycles. The van der Waals surface area contributed by atoms with Gasteiger partial charge in [-0.1, -0.05) is 18.3 Å². The first-order valence-corrected chi connectivity index (χ1v) is 8.84. The van der Waals surface area contributed by atoms with E-state index in [1.165, 1.54) is 23.4 Å². The van der Waals surface area contributed by atoms with E-state index in [1.807, 2.05) is 11.3 Å². The number of thiazole rings is 1. The first-order chi connectivity index (χ1) is 10.3. The standard InChI is InChI=1S/C15H24N4OS/c1-2-7-16-11-4-3-5-12-14(11)21-15(18-12)19-9-6-13(20)17-8-10-19/h11,16H,2-10H2,1H3,(H,17,20). The highest BCUT2D eigenvalue weighted by molar-refractivity contribution is 7.15. The summed E-state index contributed by atoms with van der Waals surface area (Å²) in [4.78, 5) is 20.0. The smallest absolute Gasteiger partial charge is 0.221 e. The van der Waals surface area contributed by atoms with E-state index in [0.29, 0.717) is 12.5 Å². The van der Waals surface area contributed by atoms with E-state index in [-0.39, 0.29) is 5.91 Å². The van der Waals surface area contributed by atoms with Crippen molar-refractivity contribution in [3.05, 3.63) is 10.6 Å². The van der Waals surface area contributed by atoms with Gasteiger partial charge in [-0.15, -0.1) is 0 Å². The van der Waals surface area contributed by atoms with Crippen molar-refractivity contribution >= 4 is 22.4 Å². The molecule has 6 heteroatoms. The molecule has 116 valence electrons. The highest BCUT2D eigenvalue weighted by Gasteiger charge is 2.26. The second-order valence-corrected chi connectivity index (χ2v) is 6.80. The summed E-state index contributed by atoms with van der Waals surface area (Å²) >= 11 is 1.82. The predicted octanol–water partition coefficient (Wildman–Crippen LogP) is 1.85. The van der Waals surface area contributed by atoms with Crippen molar-refractivity contribution in [2.45, 2.75) is 45.1 Å². The minimum Gasteiger partial charge on any atom is -0.354 e. The predicted molar refractivity (Wildman–Crippen MR) is 85.9 cm³/mol. The number of carbonyl (C=O) groups excluding carboxylic acids is 1. The lowest BCUT2D eigenvalue weighted by Gasteiger charge is -2.22. The van der Waals surface area contributed by atoms with Crippen molar-refractivity contribution in [1.29, 1.82) is 0 Å². The quantitative estimate of drug-likeness (QED) is 0.891. The second-order valence-electron chi connectivity index (χ2n) is 5.79. The molecule has 0 radical (unpaired) electrons. The maximum atomic E-state index is 11.5. The van der Waals surface area contributed by atoms with Crippen LogP contribution in [0.3, 0.4) is 0 Å². The van der Waals surface area contributed by atoms with Gasteiger partial charge in [0, 0.05) is 37.0 Å². The van der Waals surface area contributed by atoms with Crippen LogP contribution < -0.4 is 15.5 Å². The zero-order chi connectivity index (χ0) is 14.7. The molecule has 21 heavy (non-hydrogen) atoms. The maximum absolute atomic E-state index is 11.5. The highest BCUT2D eigenvalue weighted by atomic mass is 32.1. The fourth-order valence-corrected chi connectivity index (χ4v) is 4.29. The zero-order valence-corrected chi connectivity index (χ0v) is 13.5. The molecule has 1 aliphatic heterocycles. The number of carbonyl (C=O) groups is 1. The Morgan fingerprint density at radius 3 is 3.19 bits per heavy atom. The third-order valence-corrected chi connectivity index (χ3v) is 5.44. The Morgan fingerprint density at radius 1 is 1.43 bits per heavy atom. The topological polar surface area (TPSA) is 57.3 Å². The van der Waals surface area contributed by atoms with E-state index < -0.39 is 0 Å². The van der Waals surface area contributed by atoms with Crippen molar-refractivity contribution in [1.82, 2.24) is 15.6 Å². The first-order valence-electron chi connectivity index (χ1n) is 8.02. The summed E-state index contributed by atoms with van der Waals surface area (Å²) in [6.07, 6.45) is 5.27. The van der Waals surface area contributed by atoms with Gasteiger partial charge in [-0.25, -0.2) is 4.98 Å². The number of rotatable bonds is 4. The molecule has 1 saturated heterocycles. The van der Waals surface area contributed by atoms with Crippen LogP contribution in [0.2, 0.25) is 0 Å². The maximum Gasteiger partial charge on any atom is 0.221 e. The van der Waals surface area contributed by atoms with Crippen molar-refractivity contribution in [2.24, 2.45) is 0 Å². The highest BCUT2D eigenvalue weighted by Crippen LogP contribution is 2.37. The van der Waals surface area contributed by atoms with Crippen LogP contribution >= 0.6 is 11.3 Å². The summed E-state index contributed by atoms with van der Waals surface area (Å²) < 4.78 is 0. The average Bonchev–Trinajstić information content (AvgIpc) is 2.81. The van der Waals surface area contributed by atoms with Crippen LogP contribution in [0.25, 0.3) is 0 Å². The van der Waals surface area contributed by atoms with Crippen LogP contribution in [0.5, 0.6) is 0 Å². The van der Waals surface area contributed by atoms with Crippen LogP contribution in [0.15, 0.2) is 0 Å². The van der Waals surface area contributed by atoms with Gasteiger partial charge >= 0.3 is 0 Å². The Kier molecular flexibility index (Phi) is 4.75. The van der Waals surface area contributed by atoms with Gasteiger partial charge in [-0.2, -0.15) is 0 Å². The molecule has 2 heterocycles. The average molecular weight is 308 g/mol. The number of amides is 1. The summed E-state index contributed by atoms with van der Waals surface area (Å²) in [5, 5.41) is 7.67. The van der Waals surface area contributed by atoms with Crippen LogP contribution in [0.1, 0.15) is 49.2 Å². The van der Waals surface area contributed by atoms with Gasteiger partial charge in [0.05, 0.1) is 5.69 Å². The number of hydrogen-bond donors (Lipinski definition) is 2. The molecule has 0 saturated carbocycles. The molecule has 0 spiro atoms. The number of hydrogen-bond acceptors (Lipinski definition) is 5. The molecule has 1 aliphatic carbocycles. The van der Waals surface area contributed by atoms with Gasteiger partial charge in [0.1, 0.15) is 0 Å². The normalized spacial score (nSPS) is 22.6. The molecular formula is C15H24N4OS. The molecule has 1 amide bonds. The number of nitrogens with one attached hydrogen (secondary N) is 2. The van der Waals surface area contributed by atoms with Crippen LogP contribution in [0.4, 0.5) is 5.13 Å². The molecule has 1 aromatic heterocycles. The zero-order valence-electron chi connectivity index (χ0n) is 12.7. The fraction of sp³-hybridized carbons (Fsp3) is 0.733. The third-order valence-electron chi connectivity index (χ3n) is 4.16. The van der Waals surface area contributed by atoms with Crippen molar-refractivity contribution < 1.29 is 4.79 Å². The van der Waals surface area contributed by atoms with Crippen molar-refractivity contribution in [3.8, 4) is 0 Å². The molecule has 1 atom stereocenters. The molecule has 3 rings (SSSR count). The number of nitrogens with zero attached hydrogens (tertiary/aromatic N) is 2.